The molecule has 0 N–H and O–H groups in total. The summed E-state index contributed by atoms with van der Waals surface area (Å²) < 4.78 is 12.8. The lowest BCUT2D eigenvalue weighted by Crippen LogP contribution is -2.19. The highest BCUT2D eigenvalue weighted by Crippen LogP contribution is 2.23. The molecule has 0 saturated carbocycles. The van der Waals surface area contributed by atoms with Crippen LogP contribution in [0.4, 0.5) is 0 Å². The number of nitrogens with zero attached hydrogens (tertiary/aromatic N) is 2. The molecule has 2 aromatic rings. The molecule has 0 fully saturated rings. The van der Waals surface area contributed by atoms with Gasteiger partial charge in [0.05, 0.1) is 30.9 Å². The van der Waals surface area contributed by atoms with Gasteiger partial charge in [-0.05, 0) is 24.6 Å². The van der Waals surface area contributed by atoms with Gasteiger partial charge in [0.15, 0.2) is 4.80 Å². The molecule has 23 heavy (non-hydrogen) atoms. The van der Waals surface area contributed by atoms with E-state index in [2.05, 4.69) is 4.99 Å². The smallest absolute Gasteiger partial charge is 0.307 e. The van der Waals surface area contributed by atoms with Crippen LogP contribution in [0.15, 0.2) is 23.2 Å². The molecule has 6 nitrogen and oxygen atoms in total. The molecule has 0 aliphatic carbocycles. The Morgan fingerprint density at radius 2 is 2.04 bits per heavy atom. The average Bonchev–Trinajstić information content (AvgIpc) is 2.88. The highest BCUT2D eigenvalue weighted by molar-refractivity contribution is 7.16. The van der Waals surface area contributed by atoms with E-state index in [1.165, 1.54) is 18.4 Å². The summed E-state index contributed by atoms with van der Waals surface area (Å²) in [6.07, 6.45) is 1.39. The van der Waals surface area contributed by atoms with E-state index < -0.39 is 0 Å². The van der Waals surface area contributed by atoms with E-state index in [9.17, 15) is 9.59 Å². The molecular formula is C16H20N2O4S. The van der Waals surface area contributed by atoms with Gasteiger partial charge >= 0.3 is 5.97 Å². The maximum Gasteiger partial charge on any atom is 0.307 e. The van der Waals surface area contributed by atoms with Crippen LogP contribution in [0.25, 0.3) is 10.2 Å². The number of methoxy groups -OCH3 is 2. The zero-order valence-corrected chi connectivity index (χ0v) is 14.3. The Bertz CT molecular complexity index is 776. The van der Waals surface area contributed by atoms with E-state index >= 15 is 0 Å². The number of hydrogen-bond acceptors (Lipinski definition) is 5. The van der Waals surface area contributed by atoms with Crippen molar-refractivity contribution < 1.29 is 19.1 Å². The van der Waals surface area contributed by atoms with Crippen molar-refractivity contribution in [2.75, 3.05) is 14.2 Å². The lowest BCUT2D eigenvalue weighted by Gasteiger charge is -2.05. The minimum absolute atomic E-state index is 0.155. The molecule has 1 aromatic carbocycles. The molecule has 0 aliphatic heterocycles. The van der Waals surface area contributed by atoms with Crippen LogP contribution >= 0.6 is 11.3 Å². The first-order valence-electron chi connectivity index (χ1n) is 7.40. The third-order valence-corrected chi connectivity index (χ3v) is 4.38. The molecule has 0 saturated heterocycles. The highest BCUT2D eigenvalue weighted by Gasteiger charge is 2.11. The van der Waals surface area contributed by atoms with Gasteiger partial charge < -0.3 is 14.0 Å². The van der Waals surface area contributed by atoms with Crippen molar-refractivity contribution >= 4 is 33.4 Å². The van der Waals surface area contributed by atoms with E-state index in [1.54, 1.807) is 7.11 Å². The molecule has 1 aromatic heterocycles. The van der Waals surface area contributed by atoms with Crippen LogP contribution in [0.2, 0.25) is 0 Å². The number of rotatable bonds is 6. The number of esters is 1. The molecule has 1 amide bonds. The molecule has 124 valence electrons. The fourth-order valence-corrected chi connectivity index (χ4v) is 3.27. The number of thiazole rings is 1. The molecule has 0 aliphatic rings. The molecule has 0 atom stereocenters. The normalized spacial score (nSPS) is 11.7. The van der Waals surface area contributed by atoms with E-state index in [0.29, 0.717) is 17.8 Å². The number of hydrogen-bond donors (Lipinski definition) is 0. The predicted octanol–water partition coefficient (Wildman–Crippen LogP) is 2.50. The van der Waals surface area contributed by atoms with Crippen molar-refractivity contribution in [3.8, 4) is 5.75 Å². The van der Waals surface area contributed by atoms with Crippen LogP contribution < -0.4 is 9.54 Å². The largest absolute Gasteiger partial charge is 0.497 e. The number of aryl methyl sites for hydroxylation is 1. The average molecular weight is 336 g/mol. The van der Waals surface area contributed by atoms with Gasteiger partial charge in [-0.15, -0.1) is 0 Å². The van der Waals surface area contributed by atoms with Crippen LogP contribution in [-0.4, -0.2) is 30.7 Å². The van der Waals surface area contributed by atoms with Crippen LogP contribution in [0.3, 0.4) is 0 Å². The Balaban J connectivity index is 2.49. The number of aromatic nitrogens is 1. The maximum atomic E-state index is 11.9. The number of carbonyl (C=O) groups excluding carboxylic acids is 2. The Kier molecular flexibility index (Phi) is 5.92. The topological polar surface area (TPSA) is 69.9 Å². The molecule has 2 rings (SSSR count). The third-order valence-electron chi connectivity index (χ3n) is 3.34. The van der Waals surface area contributed by atoms with E-state index in [0.717, 1.165) is 22.4 Å². The molecule has 0 spiro atoms. The quantitative estimate of drug-likeness (QED) is 0.760. The summed E-state index contributed by atoms with van der Waals surface area (Å²) >= 11 is 1.41. The summed E-state index contributed by atoms with van der Waals surface area (Å²) in [4.78, 5) is 28.1. The second kappa shape index (κ2) is 7.92. The first-order valence-corrected chi connectivity index (χ1v) is 8.22. The van der Waals surface area contributed by atoms with E-state index in [4.69, 9.17) is 9.47 Å². The minimum Gasteiger partial charge on any atom is -0.497 e. The van der Waals surface area contributed by atoms with Gasteiger partial charge in [0, 0.05) is 13.0 Å². The fraction of sp³-hybridized carbons (Fsp3) is 0.438. The fourth-order valence-electron chi connectivity index (χ4n) is 2.16. The monoisotopic (exact) mass is 336 g/mol. The van der Waals surface area contributed by atoms with Crippen LogP contribution in [-0.2, 0) is 20.9 Å². The number of carbonyl (C=O) groups is 2. The van der Waals surface area contributed by atoms with Crippen molar-refractivity contribution in [2.24, 2.45) is 4.99 Å². The standard InChI is InChI=1S/C16H20N2O4S/c1-4-5-14(19)17-16-18(9-8-15(20)22-3)12-7-6-11(21-2)10-13(12)23-16/h6-7,10H,4-5,8-9H2,1-3H3. The molecular weight excluding hydrogens is 316 g/mol. The lowest BCUT2D eigenvalue weighted by molar-refractivity contribution is -0.140. The Labute approximate surface area is 138 Å². The summed E-state index contributed by atoms with van der Waals surface area (Å²) in [6.45, 7) is 2.35. The molecule has 1 heterocycles. The highest BCUT2D eigenvalue weighted by atomic mass is 32.1. The summed E-state index contributed by atoms with van der Waals surface area (Å²) in [5, 5.41) is 0. The molecule has 0 radical (unpaired) electrons. The Morgan fingerprint density at radius 3 is 2.70 bits per heavy atom. The van der Waals surface area contributed by atoms with E-state index in [-0.39, 0.29) is 18.3 Å². The van der Waals surface area contributed by atoms with E-state index in [1.807, 2.05) is 29.7 Å². The number of benzene rings is 1. The van der Waals surface area contributed by atoms with Gasteiger partial charge in [0.25, 0.3) is 0 Å². The van der Waals surface area contributed by atoms with Crippen LogP contribution in [0, 0.1) is 0 Å². The van der Waals surface area contributed by atoms with Crippen LogP contribution in [0.1, 0.15) is 26.2 Å². The van der Waals surface area contributed by atoms with Gasteiger partial charge in [-0.3, -0.25) is 9.59 Å². The zero-order valence-electron chi connectivity index (χ0n) is 13.5. The predicted molar refractivity (Wildman–Crippen MR) is 88.5 cm³/mol. The molecule has 0 bridgehead atoms. The minimum atomic E-state index is -0.295. The van der Waals surface area contributed by atoms with Crippen molar-refractivity contribution in [2.45, 2.75) is 32.7 Å². The summed E-state index contributed by atoms with van der Waals surface area (Å²) in [7, 11) is 2.97. The Hall–Kier alpha value is -2.15. The Morgan fingerprint density at radius 1 is 1.26 bits per heavy atom. The first kappa shape index (κ1) is 17.2. The summed E-state index contributed by atoms with van der Waals surface area (Å²) in [5.41, 5.74) is 0.919. The molecule has 7 heteroatoms. The van der Waals surface area contributed by atoms with Gasteiger partial charge in [-0.25, -0.2) is 0 Å². The first-order chi connectivity index (χ1) is 11.1. The van der Waals surface area contributed by atoms with Gasteiger partial charge in [-0.1, -0.05) is 18.3 Å². The van der Waals surface area contributed by atoms with Crippen molar-refractivity contribution in [3.05, 3.63) is 23.0 Å². The number of ether oxygens (including phenoxy) is 2. The summed E-state index contributed by atoms with van der Waals surface area (Å²) in [5.74, 6) is 0.291. The SMILES string of the molecule is CCCC(=O)N=c1sc2cc(OC)ccc2n1CCC(=O)OC. The van der Waals surface area contributed by atoms with Gasteiger partial charge in [0.2, 0.25) is 5.91 Å². The van der Waals surface area contributed by atoms with Crippen LogP contribution in [0.5, 0.6) is 5.75 Å². The van der Waals surface area contributed by atoms with Gasteiger partial charge in [0.1, 0.15) is 5.75 Å². The van der Waals surface area contributed by atoms with Crippen molar-refractivity contribution in [1.82, 2.24) is 4.57 Å². The lowest BCUT2D eigenvalue weighted by atomic mass is 10.3. The number of amides is 1. The second-order valence-electron chi connectivity index (χ2n) is 4.95. The van der Waals surface area contributed by atoms with Gasteiger partial charge in [-0.2, -0.15) is 4.99 Å². The second-order valence-corrected chi connectivity index (χ2v) is 5.96. The summed E-state index contributed by atoms with van der Waals surface area (Å²) in [6, 6.07) is 5.66. The number of fused-ring (bicyclic) bond motifs is 1. The third kappa shape index (κ3) is 4.19. The van der Waals surface area contributed by atoms with Crippen molar-refractivity contribution in [1.29, 1.82) is 0 Å². The zero-order chi connectivity index (χ0) is 16.8. The van der Waals surface area contributed by atoms with Crippen molar-refractivity contribution in [3.63, 3.8) is 0 Å². The maximum absolute atomic E-state index is 11.9. The molecule has 0 unspecified atom stereocenters.